The number of hydrogen-bond donors (Lipinski definition) is 1. The summed E-state index contributed by atoms with van der Waals surface area (Å²) in [4.78, 5) is 26.9. The molecule has 138 valence electrons. The fourth-order valence-corrected chi connectivity index (χ4v) is 3.44. The van der Waals surface area contributed by atoms with Crippen LogP contribution in [0.3, 0.4) is 0 Å². The topological polar surface area (TPSA) is 58.6 Å². The number of ether oxygens (including phenoxy) is 1. The van der Waals surface area contributed by atoms with Crippen LogP contribution < -0.4 is 10.1 Å². The first-order valence-corrected chi connectivity index (χ1v) is 9.31. The van der Waals surface area contributed by atoms with E-state index in [1.807, 2.05) is 18.7 Å². The summed E-state index contributed by atoms with van der Waals surface area (Å²) in [6.07, 6.45) is 3.09. The molecule has 1 N–H and O–H groups in total. The van der Waals surface area contributed by atoms with E-state index in [-0.39, 0.29) is 23.7 Å². The van der Waals surface area contributed by atoms with Crippen LogP contribution in [0.15, 0.2) is 18.2 Å². The van der Waals surface area contributed by atoms with E-state index in [4.69, 9.17) is 16.3 Å². The minimum absolute atomic E-state index is 0.0461. The molecule has 1 fully saturated rings. The molecule has 1 aromatic rings. The van der Waals surface area contributed by atoms with Crippen molar-refractivity contribution in [3.8, 4) is 5.75 Å². The van der Waals surface area contributed by atoms with E-state index < -0.39 is 0 Å². The third kappa shape index (κ3) is 4.88. The van der Waals surface area contributed by atoms with Crippen LogP contribution in [0.1, 0.15) is 39.5 Å². The smallest absolute Gasteiger partial charge is 0.227 e. The number of halogens is 1. The van der Waals surface area contributed by atoms with Gasteiger partial charge >= 0.3 is 0 Å². The number of amides is 2. The van der Waals surface area contributed by atoms with Crippen molar-refractivity contribution in [2.75, 3.05) is 25.5 Å². The van der Waals surface area contributed by atoms with Crippen LogP contribution in [0.2, 0.25) is 5.02 Å². The van der Waals surface area contributed by atoms with Crippen LogP contribution in [0.25, 0.3) is 0 Å². The molecule has 1 aromatic carbocycles. The highest BCUT2D eigenvalue weighted by Gasteiger charge is 2.29. The zero-order chi connectivity index (χ0) is 18.4. The van der Waals surface area contributed by atoms with E-state index in [1.165, 1.54) is 0 Å². The number of carbonyl (C=O) groups is 2. The molecule has 0 bridgehead atoms. The first-order chi connectivity index (χ1) is 12.0. The molecule has 1 aliphatic rings. The van der Waals surface area contributed by atoms with Crippen LogP contribution >= 0.6 is 11.6 Å². The summed E-state index contributed by atoms with van der Waals surface area (Å²) < 4.78 is 5.26. The monoisotopic (exact) mass is 366 g/mol. The molecule has 1 saturated heterocycles. The van der Waals surface area contributed by atoms with Crippen molar-refractivity contribution in [3.63, 3.8) is 0 Å². The standard InChI is InChI=1S/C19H27ClN2O3/c1-4-13(5-2)19(24)22-10-8-14(9-11-22)18(23)21-16-12-15(20)6-7-17(16)25-3/h6-7,12-14H,4-5,8-11H2,1-3H3,(H,21,23). The van der Waals surface area contributed by atoms with Gasteiger partial charge in [0.25, 0.3) is 0 Å². The molecule has 0 aromatic heterocycles. The van der Waals surface area contributed by atoms with Crippen molar-refractivity contribution in [2.24, 2.45) is 11.8 Å². The minimum atomic E-state index is -0.102. The number of nitrogens with zero attached hydrogens (tertiary/aromatic N) is 1. The van der Waals surface area contributed by atoms with Gasteiger partial charge in [-0.3, -0.25) is 9.59 Å². The molecule has 2 amide bonds. The summed E-state index contributed by atoms with van der Waals surface area (Å²) in [5, 5.41) is 3.45. The second-order valence-electron chi connectivity index (χ2n) is 6.45. The number of piperidine rings is 1. The third-order valence-electron chi connectivity index (χ3n) is 4.93. The molecule has 6 heteroatoms. The second-order valence-corrected chi connectivity index (χ2v) is 6.88. The van der Waals surface area contributed by atoms with Gasteiger partial charge in [-0.1, -0.05) is 25.4 Å². The summed E-state index contributed by atoms with van der Waals surface area (Å²) in [7, 11) is 1.56. The Balaban J connectivity index is 1.93. The fraction of sp³-hybridized carbons (Fsp3) is 0.579. The lowest BCUT2D eigenvalue weighted by atomic mass is 9.93. The molecule has 0 saturated carbocycles. The maximum atomic E-state index is 12.6. The van der Waals surface area contributed by atoms with E-state index in [2.05, 4.69) is 5.32 Å². The van der Waals surface area contributed by atoms with Gasteiger partial charge in [0.2, 0.25) is 11.8 Å². The predicted octanol–water partition coefficient (Wildman–Crippen LogP) is 3.96. The molecule has 0 radical (unpaired) electrons. The molecule has 0 aliphatic carbocycles. The molecular formula is C19H27ClN2O3. The summed E-state index contributed by atoms with van der Waals surface area (Å²) in [6, 6.07) is 5.14. The summed E-state index contributed by atoms with van der Waals surface area (Å²) in [5.74, 6) is 0.755. The number of carbonyl (C=O) groups excluding carboxylic acids is 2. The van der Waals surface area contributed by atoms with E-state index in [1.54, 1.807) is 25.3 Å². The largest absolute Gasteiger partial charge is 0.495 e. The number of anilines is 1. The summed E-state index contributed by atoms with van der Waals surface area (Å²) in [6.45, 7) is 5.37. The first-order valence-electron chi connectivity index (χ1n) is 8.93. The maximum Gasteiger partial charge on any atom is 0.227 e. The quantitative estimate of drug-likeness (QED) is 0.828. The van der Waals surface area contributed by atoms with Crippen LogP contribution in [0.4, 0.5) is 5.69 Å². The lowest BCUT2D eigenvalue weighted by molar-refractivity contribution is -0.138. The zero-order valence-corrected chi connectivity index (χ0v) is 15.9. The lowest BCUT2D eigenvalue weighted by Crippen LogP contribution is -2.43. The highest BCUT2D eigenvalue weighted by atomic mass is 35.5. The fourth-order valence-electron chi connectivity index (χ4n) is 3.27. The van der Waals surface area contributed by atoms with Gasteiger partial charge in [0, 0.05) is 29.9 Å². The predicted molar refractivity (Wildman–Crippen MR) is 100 cm³/mol. The van der Waals surface area contributed by atoms with Gasteiger partial charge in [-0.05, 0) is 43.9 Å². The number of methoxy groups -OCH3 is 1. The van der Waals surface area contributed by atoms with Gasteiger partial charge in [-0.2, -0.15) is 0 Å². The van der Waals surface area contributed by atoms with Gasteiger partial charge in [-0.15, -0.1) is 0 Å². The zero-order valence-electron chi connectivity index (χ0n) is 15.2. The van der Waals surface area contributed by atoms with Crippen LogP contribution in [-0.2, 0) is 9.59 Å². The van der Waals surface area contributed by atoms with E-state index in [9.17, 15) is 9.59 Å². The molecular weight excluding hydrogens is 340 g/mol. The Bertz CT molecular complexity index is 609. The first kappa shape index (κ1) is 19.6. The second kappa shape index (κ2) is 9.09. The molecule has 0 unspecified atom stereocenters. The summed E-state index contributed by atoms with van der Waals surface area (Å²) >= 11 is 6.00. The average Bonchev–Trinajstić information content (AvgIpc) is 2.63. The molecule has 0 atom stereocenters. The highest BCUT2D eigenvalue weighted by molar-refractivity contribution is 6.31. The minimum Gasteiger partial charge on any atom is -0.495 e. The van der Waals surface area contributed by atoms with Crippen molar-refractivity contribution in [3.05, 3.63) is 23.2 Å². The van der Waals surface area contributed by atoms with E-state index in [0.717, 1.165) is 12.8 Å². The van der Waals surface area contributed by atoms with Gasteiger partial charge in [-0.25, -0.2) is 0 Å². The molecule has 0 spiro atoms. The van der Waals surface area contributed by atoms with Crippen molar-refractivity contribution in [2.45, 2.75) is 39.5 Å². The van der Waals surface area contributed by atoms with Gasteiger partial charge in [0.15, 0.2) is 0 Å². The van der Waals surface area contributed by atoms with Crippen molar-refractivity contribution in [1.82, 2.24) is 4.90 Å². The Hall–Kier alpha value is -1.75. The number of likely N-dealkylation sites (tertiary alicyclic amines) is 1. The van der Waals surface area contributed by atoms with Crippen molar-refractivity contribution < 1.29 is 14.3 Å². The number of benzene rings is 1. The molecule has 1 aliphatic heterocycles. The third-order valence-corrected chi connectivity index (χ3v) is 5.17. The highest BCUT2D eigenvalue weighted by Crippen LogP contribution is 2.29. The van der Waals surface area contributed by atoms with Gasteiger partial charge in [0.05, 0.1) is 12.8 Å². The average molecular weight is 367 g/mol. The van der Waals surface area contributed by atoms with Crippen LogP contribution in [0, 0.1) is 11.8 Å². The molecule has 1 heterocycles. The van der Waals surface area contributed by atoms with Crippen LogP contribution in [-0.4, -0.2) is 36.9 Å². The van der Waals surface area contributed by atoms with Crippen molar-refractivity contribution >= 4 is 29.1 Å². The van der Waals surface area contributed by atoms with E-state index >= 15 is 0 Å². The number of hydrogen-bond acceptors (Lipinski definition) is 3. The normalized spacial score (nSPS) is 15.3. The number of rotatable bonds is 6. The van der Waals surface area contributed by atoms with Crippen molar-refractivity contribution in [1.29, 1.82) is 0 Å². The lowest BCUT2D eigenvalue weighted by Gasteiger charge is -2.33. The van der Waals surface area contributed by atoms with E-state index in [0.29, 0.717) is 42.4 Å². The molecule has 25 heavy (non-hydrogen) atoms. The summed E-state index contributed by atoms with van der Waals surface area (Å²) in [5.41, 5.74) is 0.579. The maximum absolute atomic E-state index is 12.6. The van der Waals surface area contributed by atoms with Gasteiger partial charge in [0.1, 0.15) is 5.75 Å². The Morgan fingerprint density at radius 3 is 2.48 bits per heavy atom. The number of nitrogens with one attached hydrogen (secondary N) is 1. The Morgan fingerprint density at radius 1 is 1.28 bits per heavy atom. The Kier molecular flexibility index (Phi) is 7.12. The van der Waals surface area contributed by atoms with Crippen LogP contribution in [0.5, 0.6) is 5.75 Å². The Morgan fingerprint density at radius 2 is 1.92 bits per heavy atom. The molecule has 2 rings (SSSR count). The Labute approximate surface area is 154 Å². The molecule has 5 nitrogen and oxygen atoms in total. The van der Waals surface area contributed by atoms with Gasteiger partial charge < -0.3 is 15.0 Å². The SMILES string of the molecule is CCC(CC)C(=O)N1CCC(C(=O)Nc2cc(Cl)ccc2OC)CC1.